The minimum atomic E-state index is -1.25. The Bertz CT molecular complexity index is 758. The number of esters is 1. The Labute approximate surface area is 142 Å². The average Bonchev–Trinajstić information content (AvgIpc) is 2.50. The zero-order chi connectivity index (χ0) is 17.0. The third-order valence-electron chi connectivity index (χ3n) is 2.88. The van der Waals surface area contributed by atoms with Crippen molar-refractivity contribution >= 4 is 35.1 Å². The third-order valence-corrected chi connectivity index (χ3v) is 3.54. The lowest BCUT2D eigenvalue weighted by Crippen LogP contribution is -2.19. The molecule has 0 aromatic heterocycles. The van der Waals surface area contributed by atoms with Gasteiger partial charge in [-0.25, -0.2) is 9.59 Å². The highest BCUT2D eigenvalue weighted by Gasteiger charge is 2.15. The van der Waals surface area contributed by atoms with E-state index >= 15 is 0 Å². The Hall–Kier alpha value is -2.24. The van der Waals surface area contributed by atoms with E-state index in [1.54, 1.807) is 25.1 Å². The molecule has 0 saturated carbocycles. The van der Waals surface area contributed by atoms with Crippen LogP contribution in [0, 0.1) is 6.92 Å². The van der Waals surface area contributed by atoms with E-state index in [4.69, 9.17) is 37.8 Å². The summed E-state index contributed by atoms with van der Waals surface area (Å²) in [6, 6.07) is 8.90. The van der Waals surface area contributed by atoms with Gasteiger partial charge in [0, 0.05) is 10.0 Å². The molecule has 2 aromatic carbocycles. The van der Waals surface area contributed by atoms with Gasteiger partial charge in [-0.1, -0.05) is 23.2 Å². The molecule has 0 aliphatic rings. The number of halogens is 2. The van der Waals surface area contributed by atoms with Crippen molar-refractivity contribution in [2.24, 2.45) is 0 Å². The van der Waals surface area contributed by atoms with Gasteiger partial charge in [-0.3, -0.25) is 0 Å². The highest BCUT2D eigenvalue weighted by molar-refractivity contribution is 6.31. The summed E-state index contributed by atoms with van der Waals surface area (Å²) in [6.07, 6.45) is 0. The standard InChI is InChI=1S/C16H12Cl2O5/c1-9-6-11(3-4-13(9)18)22-8-15(19)23-14-5-2-10(17)7-12(14)16(20)21/h2-7H,8H2,1H3,(H,20,21). The second kappa shape index (κ2) is 7.35. The lowest BCUT2D eigenvalue weighted by Gasteiger charge is -2.09. The molecular weight excluding hydrogens is 343 g/mol. The predicted octanol–water partition coefficient (Wildman–Crippen LogP) is 3.98. The first-order chi connectivity index (χ1) is 10.9. The Morgan fingerprint density at radius 2 is 1.87 bits per heavy atom. The maximum absolute atomic E-state index is 11.8. The van der Waals surface area contributed by atoms with E-state index in [9.17, 15) is 9.59 Å². The molecule has 0 saturated heterocycles. The first-order valence-corrected chi connectivity index (χ1v) is 7.25. The van der Waals surface area contributed by atoms with Gasteiger partial charge in [0.25, 0.3) is 0 Å². The number of hydrogen-bond donors (Lipinski definition) is 1. The molecule has 0 atom stereocenters. The first-order valence-electron chi connectivity index (χ1n) is 6.49. The number of aromatic carboxylic acids is 1. The van der Waals surface area contributed by atoms with E-state index in [-0.39, 0.29) is 22.9 Å². The topological polar surface area (TPSA) is 72.8 Å². The SMILES string of the molecule is Cc1cc(OCC(=O)Oc2ccc(Cl)cc2C(=O)O)ccc1Cl. The van der Waals surface area contributed by atoms with Crippen LogP contribution in [0.3, 0.4) is 0 Å². The van der Waals surface area contributed by atoms with Gasteiger partial charge in [0.05, 0.1) is 0 Å². The molecule has 0 heterocycles. The molecule has 5 nitrogen and oxygen atoms in total. The van der Waals surface area contributed by atoms with Crippen molar-refractivity contribution in [3.05, 3.63) is 57.6 Å². The van der Waals surface area contributed by atoms with Crippen molar-refractivity contribution in [3.63, 3.8) is 0 Å². The molecule has 0 aliphatic heterocycles. The second-order valence-corrected chi connectivity index (χ2v) is 5.46. The number of carboxylic acids is 1. The highest BCUT2D eigenvalue weighted by atomic mass is 35.5. The molecule has 0 fully saturated rings. The van der Waals surface area contributed by atoms with Crippen molar-refractivity contribution in [2.75, 3.05) is 6.61 Å². The number of aryl methyl sites for hydroxylation is 1. The number of hydrogen-bond acceptors (Lipinski definition) is 4. The summed E-state index contributed by atoms with van der Waals surface area (Å²) in [5, 5.41) is 9.90. The van der Waals surface area contributed by atoms with Crippen LogP contribution >= 0.6 is 23.2 Å². The smallest absolute Gasteiger partial charge is 0.349 e. The van der Waals surface area contributed by atoms with Crippen molar-refractivity contribution in [1.29, 1.82) is 0 Å². The van der Waals surface area contributed by atoms with Gasteiger partial charge in [0.1, 0.15) is 17.1 Å². The van der Waals surface area contributed by atoms with Crippen LogP contribution in [0.15, 0.2) is 36.4 Å². The molecule has 120 valence electrons. The Balaban J connectivity index is 2.02. The fraction of sp³-hybridized carbons (Fsp3) is 0.125. The average molecular weight is 355 g/mol. The third kappa shape index (κ3) is 4.61. The van der Waals surface area contributed by atoms with Crippen molar-refractivity contribution in [3.8, 4) is 11.5 Å². The van der Waals surface area contributed by atoms with Crippen LogP contribution < -0.4 is 9.47 Å². The normalized spacial score (nSPS) is 10.2. The molecule has 2 rings (SSSR count). The summed E-state index contributed by atoms with van der Waals surface area (Å²) in [5.41, 5.74) is 0.608. The molecule has 7 heteroatoms. The van der Waals surface area contributed by atoms with Crippen LogP contribution in [0.25, 0.3) is 0 Å². The largest absolute Gasteiger partial charge is 0.482 e. The van der Waals surface area contributed by atoms with E-state index in [1.807, 2.05) is 0 Å². The maximum atomic E-state index is 11.8. The predicted molar refractivity (Wildman–Crippen MR) is 85.7 cm³/mol. The van der Waals surface area contributed by atoms with Crippen LogP contribution in [-0.2, 0) is 4.79 Å². The fourth-order valence-electron chi connectivity index (χ4n) is 1.76. The number of ether oxygens (including phenoxy) is 2. The summed E-state index contributed by atoms with van der Waals surface area (Å²) >= 11 is 11.6. The maximum Gasteiger partial charge on any atom is 0.349 e. The van der Waals surface area contributed by atoms with E-state index in [2.05, 4.69) is 0 Å². The molecular formula is C16H12Cl2O5. The van der Waals surface area contributed by atoms with Gasteiger partial charge in [-0.05, 0) is 48.9 Å². The molecule has 0 bridgehead atoms. The van der Waals surface area contributed by atoms with Gasteiger partial charge in [-0.15, -0.1) is 0 Å². The number of rotatable bonds is 5. The number of carbonyl (C=O) groups is 2. The Morgan fingerprint density at radius 3 is 2.52 bits per heavy atom. The van der Waals surface area contributed by atoms with Crippen LogP contribution in [-0.4, -0.2) is 23.7 Å². The van der Waals surface area contributed by atoms with Gasteiger partial charge < -0.3 is 14.6 Å². The lowest BCUT2D eigenvalue weighted by atomic mass is 10.2. The second-order valence-electron chi connectivity index (χ2n) is 4.62. The summed E-state index contributed by atoms with van der Waals surface area (Å²) in [7, 11) is 0. The van der Waals surface area contributed by atoms with E-state index in [1.165, 1.54) is 18.2 Å². The van der Waals surface area contributed by atoms with Gasteiger partial charge in [0.15, 0.2) is 6.61 Å². The van der Waals surface area contributed by atoms with Crippen LogP contribution in [0.4, 0.5) is 0 Å². The summed E-state index contributed by atoms with van der Waals surface area (Å²) in [6.45, 7) is 1.43. The molecule has 1 N–H and O–H groups in total. The van der Waals surface area contributed by atoms with E-state index in [0.717, 1.165) is 5.56 Å². The minimum absolute atomic E-state index is 0.0946. The van der Waals surface area contributed by atoms with E-state index in [0.29, 0.717) is 10.8 Å². The highest BCUT2D eigenvalue weighted by Crippen LogP contribution is 2.24. The molecule has 0 radical (unpaired) electrons. The van der Waals surface area contributed by atoms with Gasteiger partial charge in [0.2, 0.25) is 0 Å². The quantitative estimate of drug-likeness (QED) is 0.649. The molecule has 0 spiro atoms. The van der Waals surface area contributed by atoms with Crippen molar-refractivity contribution in [2.45, 2.75) is 6.92 Å². The Morgan fingerprint density at radius 1 is 1.13 bits per heavy atom. The molecule has 23 heavy (non-hydrogen) atoms. The van der Waals surface area contributed by atoms with Crippen molar-refractivity contribution in [1.82, 2.24) is 0 Å². The Kier molecular flexibility index (Phi) is 5.47. The number of carbonyl (C=O) groups excluding carboxylic acids is 1. The summed E-state index contributed by atoms with van der Waals surface area (Å²) in [5.74, 6) is -1.62. The fourth-order valence-corrected chi connectivity index (χ4v) is 2.05. The van der Waals surface area contributed by atoms with Crippen molar-refractivity contribution < 1.29 is 24.2 Å². The number of benzene rings is 2. The number of carboxylic acid groups (broad SMARTS) is 1. The molecule has 0 aliphatic carbocycles. The van der Waals surface area contributed by atoms with Gasteiger partial charge in [-0.2, -0.15) is 0 Å². The van der Waals surface area contributed by atoms with Crippen LogP contribution in [0.1, 0.15) is 15.9 Å². The monoisotopic (exact) mass is 354 g/mol. The minimum Gasteiger partial charge on any atom is -0.482 e. The molecule has 2 aromatic rings. The van der Waals surface area contributed by atoms with Crippen LogP contribution in [0.2, 0.25) is 10.0 Å². The molecule has 0 amide bonds. The molecule has 0 unspecified atom stereocenters. The zero-order valence-corrected chi connectivity index (χ0v) is 13.5. The van der Waals surface area contributed by atoms with Crippen LogP contribution in [0.5, 0.6) is 11.5 Å². The van der Waals surface area contributed by atoms with Gasteiger partial charge >= 0.3 is 11.9 Å². The summed E-state index contributed by atoms with van der Waals surface area (Å²) in [4.78, 5) is 22.9. The first kappa shape index (κ1) is 17.1. The lowest BCUT2D eigenvalue weighted by molar-refractivity contribution is -0.136. The van der Waals surface area contributed by atoms with E-state index < -0.39 is 11.9 Å². The summed E-state index contributed by atoms with van der Waals surface area (Å²) < 4.78 is 10.3. The zero-order valence-electron chi connectivity index (χ0n) is 12.0.